The molecule has 0 N–H and O–H groups in total. The molecule has 2 aromatic carbocycles. The van der Waals surface area contributed by atoms with E-state index in [1.165, 1.54) is 22.1 Å². The quantitative estimate of drug-likeness (QED) is 0.446. The molecule has 170 valence electrons. The Balaban J connectivity index is 1.42. The highest BCUT2D eigenvalue weighted by molar-refractivity contribution is 5.98. The van der Waals surface area contributed by atoms with Gasteiger partial charge in [0, 0.05) is 19.4 Å². The second kappa shape index (κ2) is 8.06. The fourth-order valence-electron chi connectivity index (χ4n) is 4.46. The van der Waals surface area contributed by atoms with Crippen LogP contribution in [0.1, 0.15) is 40.2 Å². The van der Waals surface area contributed by atoms with Gasteiger partial charge >= 0.3 is 0 Å². The molecule has 2 aromatic heterocycles. The minimum atomic E-state index is -2.99. The van der Waals surface area contributed by atoms with Crippen LogP contribution in [0.2, 0.25) is 0 Å². The van der Waals surface area contributed by atoms with Gasteiger partial charge in [-0.1, -0.05) is 18.2 Å². The molecule has 1 saturated heterocycles. The Kier molecular flexibility index (Phi) is 5.19. The number of para-hydroxylation sites is 1. The fraction of sp³-hybridized carbons (Fsp3) is 0.333. The molecule has 5 rings (SSSR count). The van der Waals surface area contributed by atoms with E-state index in [4.69, 9.17) is 4.42 Å². The molecule has 1 aliphatic heterocycles. The monoisotopic (exact) mass is 451 g/mol. The van der Waals surface area contributed by atoms with Crippen molar-refractivity contribution in [3.8, 4) is 5.69 Å². The summed E-state index contributed by atoms with van der Waals surface area (Å²) < 4.78 is 35.5. The number of rotatable bonds is 5. The van der Waals surface area contributed by atoms with Crippen molar-refractivity contribution in [2.24, 2.45) is 0 Å². The van der Waals surface area contributed by atoms with Gasteiger partial charge in [-0.05, 0) is 49.6 Å². The van der Waals surface area contributed by atoms with E-state index in [2.05, 4.69) is 15.2 Å². The van der Waals surface area contributed by atoms with Gasteiger partial charge in [-0.15, -0.1) is 0 Å². The first-order chi connectivity index (χ1) is 15.8. The maximum atomic E-state index is 14.9. The first-order valence-electron chi connectivity index (χ1n) is 10.8. The molecule has 0 radical (unpaired) electrons. The number of carbonyl (C=O) groups excluding carboxylic acids is 1. The normalized spacial score (nSPS) is 17.7. The summed E-state index contributed by atoms with van der Waals surface area (Å²) in [6.07, 6.45) is 2.90. The van der Waals surface area contributed by atoms with Gasteiger partial charge in [-0.2, -0.15) is 15.0 Å². The molecule has 1 amide bonds. The average molecular weight is 451 g/mol. The summed E-state index contributed by atoms with van der Waals surface area (Å²) in [4.78, 5) is 20.5. The van der Waals surface area contributed by atoms with Crippen LogP contribution in [-0.4, -0.2) is 49.3 Å². The van der Waals surface area contributed by atoms with Crippen LogP contribution in [0.3, 0.4) is 0 Å². The number of nitrogens with zero attached hydrogens (tertiary/aromatic N) is 5. The lowest BCUT2D eigenvalue weighted by Crippen LogP contribution is -2.43. The van der Waals surface area contributed by atoms with E-state index < -0.39 is 17.9 Å². The van der Waals surface area contributed by atoms with Crippen molar-refractivity contribution in [2.75, 3.05) is 6.54 Å². The molecule has 0 unspecified atom stereocenters. The van der Waals surface area contributed by atoms with Crippen LogP contribution in [0.5, 0.6) is 0 Å². The van der Waals surface area contributed by atoms with Crippen molar-refractivity contribution < 1.29 is 18.0 Å². The highest BCUT2D eigenvalue weighted by Crippen LogP contribution is 2.38. The molecule has 0 saturated carbocycles. The number of fused-ring (bicyclic) bond motifs is 1. The Bertz CT molecular complexity index is 1320. The number of carbonyl (C=O) groups is 1. The van der Waals surface area contributed by atoms with Gasteiger partial charge in [-0.3, -0.25) is 4.79 Å². The topological polar surface area (TPSA) is 77.1 Å². The number of benzene rings is 2. The number of aromatic nitrogens is 4. The van der Waals surface area contributed by atoms with Crippen LogP contribution in [0.25, 0.3) is 16.8 Å². The number of alkyl halides is 2. The largest absolute Gasteiger partial charge is 0.441 e. The van der Waals surface area contributed by atoms with Gasteiger partial charge in [0.2, 0.25) is 0 Å². The SMILES string of the molecule is Cc1ccc2nc(CC[C@H]3N(C(=O)c4cccc(C)c4-n4nccn4)CCC3(F)F)oc2c1. The maximum absolute atomic E-state index is 14.9. The van der Waals surface area contributed by atoms with Gasteiger partial charge in [-0.25, -0.2) is 13.8 Å². The fourth-order valence-corrected chi connectivity index (χ4v) is 4.46. The molecule has 0 aliphatic carbocycles. The van der Waals surface area contributed by atoms with Crippen LogP contribution in [0.4, 0.5) is 8.78 Å². The van der Waals surface area contributed by atoms with E-state index >= 15 is 0 Å². The van der Waals surface area contributed by atoms with Crippen molar-refractivity contribution in [3.63, 3.8) is 0 Å². The van der Waals surface area contributed by atoms with E-state index in [1.54, 1.807) is 12.1 Å². The predicted molar refractivity (Wildman–Crippen MR) is 118 cm³/mol. The Morgan fingerprint density at radius 2 is 1.97 bits per heavy atom. The third kappa shape index (κ3) is 3.88. The molecule has 9 heteroatoms. The molecule has 7 nitrogen and oxygen atoms in total. The molecular formula is C24H23F2N5O2. The van der Waals surface area contributed by atoms with Crippen molar-refractivity contribution in [1.82, 2.24) is 24.9 Å². The zero-order valence-corrected chi connectivity index (χ0v) is 18.3. The van der Waals surface area contributed by atoms with Crippen LogP contribution in [0, 0.1) is 13.8 Å². The molecule has 0 bridgehead atoms. The number of amides is 1. The number of halogens is 2. The number of aryl methyl sites for hydroxylation is 3. The smallest absolute Gasteiger partial charge is 0.269 e. The molecule has 33 heavy (non-hydrogen) atoms. The van der Waals surface area contributed by atoms with Crippen LogP contribution in [-0.2, 0) is 6.42 Å². The molecule has 1 atom stereocenters. The van der Waals surface area contributed by atoms with Gasteiger partial charge in [0.15, 0.2) is 11.5 Å². The molecule has 0 spiro atoms. The lowest BCUT2D eigenvalue weighted by atomic mass is 10.0. The van der Waals surface area contributed by atoms with E-state index in [9.17, 15) is 13.6 Å². The molecule has 1 aliphatic rings. The molecular weight excluding hydrogens is 428 g/mol. The van der Waals surface area contributed by atoms with E-state index in [0.717, 1.165) is 11.1 Å². The number of likely N-dealkylation sites (tertiary alicyclic amines) is 1. The zero-order valence-electron chi connectivity index (χ0n) is 18.3. The Hall–Kier alpha value is -3.62. The first-order valence-corrected chi connectivity index (χ1v) is 10.8. The minimum absolute atomic E-state index is 0.0246. The summed E-state index contributed by atoms with van der Waals surface area (Å²) in [7, 11) is 0. The standard InChI is InChI=1S/C24H23F2N5O2/c1-15-6-7-18-19(14-15)33-21(29-18)9-8-20-24(25,26)10-13-30(20)23(32)17-5-3-4-16(2)22(17)31-27-11-12-28-31/h3-7,11-12,14,20H,8-10,13H2,1-2H3/t20-/m1/s1. The highest BCUT2D eigenvalue weighted by Gasteiger charge is 2.50. The predicted octanol–water partition coefficient (Wildman–Crippen LogP) is 4.51. The Morgan fingerprint density at radius 3 is 2.76 bits per heavy atom. The van der Waals surface area contributed by atoms with Gasteiger partial charge in [0.05, 0.1) is 24.0 Å². The molecule has 4 aromatic rings. The van der Waals surface area contributed by atoms with Crippen LogP contribution >= 0.6 is 0 Å². The van der Waals surface area contributed by atoms with Gasteiger partial charge in [0.25, 0.3) is 11.8 Å². The molecule has 1 fully saturated rings. The van der Waals surface area contributed by atoms with Crippen LogP contribution in [0.15, 0.2) is 53.2 Å². The average Bonchev–Trinajstić information content (AvgIpc) is 3.50. The number of hydrogen-bond donors (Lipinski definition) is 0. The number of hydrogen-bond acceptors (Lipinski definition) is 5. The zero-order chi connectivity index (χ0) is 23.2. The Morgan fingerprint density at radius 1 is 1.18 bits per heavy atom. The summed E-state index contributed by atoms with van der Waals surface area (Å²) >= 11 is 0. The highest BCUT2D eigenvalue weighted by atomic mass is 19.3. The van der Waals surface area contributed by atoms with Crippen molar-refractivity contribution >= 4 is 17.0 Å². The molecule has 3 heterocycles. The summed E-state index contributed by atoms with van der Waals surface area (Å²) in [6.45, 7) is 3.76. The minimum Gasteiger partial charge on any atom is -0.441 e. The second-order valence-corrected chi connectivity index (χ2v) is 8.43. The van der Waals surface area contributed by atoms with Crippen molar-refractivity contribution in [2.45, 2.75) is 45.1 Å². The van der Waals surface area contributed by atoms with E-state index in [-0.39, 0.29) is 25.8 Å². The van der Waals surface area contributed by atoms with Gasteiger partial charge < -0.3 is 9.32 Å². The van der Waals surface area contributed by atoms with Crippen molar-refractivity contribution in [3.05, 3.63) is 71.4 Å². The summed E-state index contributed by atoms with van der Waals surface area (Å²) in [6, 6.07) is 9.59. The lowest BCUT2D eigenvalue weighted by molar-refractivity contribution is -0.0323. The van der Waals surface area contributed by atoms with Gasteiger partial charge in [0.1, 0.15) is 11.2 Å². The Labute approximate surface area is 189 Å². The third-order valence-electron chi connectivity index (χ3n) is 6.12. The van der Waals surface area contributed by atoms with E-state index in [1.807, 2.05) is 38.1 Å². The number of oxazole rings is 1. The summed E-state index contributed by atoms with van der Waals surface area (Å²) in [5, 5.41) is 8.27. The maximum Gasteiger partial charge on any atom is 0.269 e. The first kappa shape index (κ1) is 21.2. The van der Waals surface area contributed by atoms with E-state index in [0.29, 0.717) is 28.2 Å². The van der Waals surface area contributed by atoms with Crippen LogP contribution < -0.4 is 0 Å². The summed E-state index contributed by atoms with van der Waals surface area (Å²) in [5.41, 5.74) is 3.93. The summed E-state index contributed by atoms with van der Waals surface area (Å²) in [5.74, 6) is -3.06. The lowest BCUT2D eigenvalue weighted by Gasteiger charge is -2.28. The van der Waals surface area contributed by atoms with Crippen molar-refractivity contribution in [1.29, 1.82) is 0 Å². The third-order valence-corrected chi connectivity index (χ3v) is 6.12. The second-order valence-electron chi connectivity index (χ2n) is 8.43.